The molecule has 0 fully saturated rings. The first-order chi connectivity index (χ1) is 13.9. The molecule has 1 amide bonds. The average Bonchev–Trinajstić information content (AvgIpc) is 3.25. The lowest BCUT2D eigenvalue weighted by Crippen LogP contribution is -2.23. The van der Waals surface area contributed by atoms with Gasteiger partial charge in [-0.05, 0) is 47.2 Å². The molecule has 1 N–H and O–H groups in total. The number of nitrogens with zero attached hydrogens (tertiary/aromatic N) is 3. The van der Waals surface area contributed by atoms with Gasteiger partial charge in [0, 0.05) is 13.0 Å². The largest absolute Gasteiger partial charge is 0.494 e. The number of amides is 1. The molecule has 2 aromatic carbocycles. The molecule has 0 bridgehead atoms. The van der Waals surface area contributed by atoms with Crippen LogP contribution in [0.3, 0.4) is 0 Å². The van der Waals surface area contributed by atoms with E-state index in [-0.39, 0.29) is 11.3 Å². The van der Waals surface area contributed by atoms with E-state index in [1.807, 2.05) is 36.4 Å². The van der Waals surface area contributed by atoms with Crippen LogP contribution in [0.2, 0.25) is 0 Å². The Morgan fingerprint density at radius 1 is 1.07 bits per heavy atom. The zero-order valence-corrected chi connectivity index (χ0v) is 17.3. The molecule has 0 aliphatic rings. The Morgan fingerprint density at radius 2 is 1.79 bits per heavy atom. The lowest BCUT2D eigenvalue weighted by molar-refractivity contribution is -0.121. The summed E-state index contributed by atoms with van der Waals surface area (Å²) in [5, 5.41) is 7.04. The molecule has 0 radical (unpaired) electrons. The van der Waals surface area contributed by atoms with Crippen molar-refractivity contribution >= 4 is 5.91 Å². The third-order valence-electron chi connectivity index (χ3n) is 4.65. The second-order valence-corrected chi connectivity index (χ2v) is 8.01. The average molecular weight is 393 g/mol. The van der Waals surface area contributed by atoms with Crippen LogP contribution in [0, 0.1) is 0 Å². The molecule has 29 heavy (non-hydrogen) atoms. The van der Waals surface area contributed by atoms with Crippen LogP contribution in [0.25, 0.3) is 5.69 Å². The van der Waals surface area contributed by atoms with Gasteiger partial charge in [0.1, 0.15) is 18.4 Å². The summed E-state index contributed by atoms with van der Waals surface area (Å²) >= 11 is 0. The van der Waals surface area contributed by atoms with E-state index in [0.717, 1.165) is 17.0 Å². The number of hydrogen-bond donors (Lipinski definition) is 1. The fourth-order valence-corrected chi connectivity index (χ4v) is 2.87. The number of hydrogen-bond acceptors (Lipinski definition) is 4. The van der Waals surface area contributed by atoms with Crippen molar-refractivity contribution in [2.24, 2.45) is 0 Å². The Balaban J connectivity index is 1.35. The van der Waals surface area contributed by atoms with E-state index in [2.05, 4.69) is 48.3 Å². The molecule has 0 spiro atoms. The summed E-state index contributed by atoms with van der Waals surface area (Å²) in [6, 6.07) is 16.0. The number of benzene rings is 2. The lowest BCUT2D eigenvalue weighted by atomic mass is 9.87. The smallest absolute Gasteiger partial charge is 0.220 e. The van der Waals surface area contributed by atoms with Crippen molar-refractivity contribution in [2.45, 2.75) is 45.6 Å². The molecule has 6 heteroatoms. The van der Waals surface area contributed by atoms with E-state index in [0.29, 0.717) is 26.0 Å². The van der Waals surface area contributed by atoms with Gasteiger partial charge in [-0.15, -0.1) is 0 Å². The van der Waals surface area contributed by atoms with E-state index >= 15 is 0 Å². The number of carbonyl (C=O) groups excluding carboxylic acids is 1. The first-order valence-corrected chi connectivity index (χ1v) is 9.86. The third-order valence-corrected chi connectivity index (χ3v) is 4.65. The van der Waals surface area contributed by atoms with E-state index in [9.17, 15) is 4.79 Å². The maximum atomic E-state index is 12.0. The number of aromatic nitrogens is 3. The molecule has 3 rings (SSSR count). The van der Waals surface area contributed by atoms with Gasteiger partial charge in [-0.3, -0.25) is 4.79 Å². The third kappa shape index (κ3) is 6.17. The quantitative estimate of drug-likeness (QED) is 0.588. The van der Waals surface area contributed by atoms with Crippen LogP contribution < -0.4 is 10.1 Å². The molecule has 0 unspecified atom stereocenters. The van der Waals surface area contributed by atoms with Gasteiger partial charge in [-0.25, -0.2) is 9.67 Å². The van der Waals surface area contributed by atoms with Crippen molar-refractivity contribution in [2.75, 3.05) is 6.61 Å². The molecule has 6 nitrogen and oxygen atoms in total. The maximum absolute atomic E-state index is 12.0. The maximum Gasteiger partial charge on any atom is 0.220 e. The monoisotopic (exact) mass is 392 g/mol. The van der Waals surface area contributed by atoms with Crippen molar-refractivity contribution in [3.8, 4) is 11.4 Å². The SMILES string of the molecule is CC(C)(C)c1ccc(OCCCC(=O)NCc2ccc(-n3cncn3)cc2)cc1. The predicted molar refractivity (Wildman–Crippen MR) is 113 cm³/mol. The molecule has 0 saturated carbocycles. The fourth-order valence-electron chi connectivity index (χ4n) is 2.87. The van der Waals surface area contributed by atoms with E-state index < -0.39 is 0 Å². The first-order valence-electron chi connectivity index (χ1n) is 9.86. The molecule has 3 aromatic rings. The minimum Gasteiger partial charge on any atom is -0.494 e. The standard InChI is InChI=1S/C23H28N4O2/c1-23(2,3)19-8-12-21(13-9-19)29-14-4-5-22(28)25-15-18-6-10-20(11-7-18)27-17-24-16-26-27/h6-13,16-17H,4-5,14-15H2,1-3H3,(H,25,28). The topological polar surface area (TPSA) is 69.0 Å². The number of rotatable bonds is 8. The van der Waals surface area contributed by atoms with Crippen LogP contribution in [0.1, 0.15) is 44.7 Å². The van der Waals surface area contributed by atoms with Gasteiger partial charge in [-0.2, -0.15) is 5.10 Å². The van der Waals surface area contributed by atoms with Crippen LogP contribution in [0.15, 0.2) is 61.2 Å². The molecular weight excluding hydrogens is 364 g/mol. The summed E-state index contributed by atoms with van der Waals surface area (Å²) in [6.45, 7) is 7.59. The Kier molecular flexibility index (Phi) is 6.65. The number of carbonyl (C=O) groups is 1. The summed E-state index contributed by atoms with van der Waals surface area (Å²) in [7, 11) is 0. The summed E-state index contributed by atoms with van der Waals surface area (Å²) in [4.78, 5) is 16.0. The summed E-state index contributed by atoms with van der Waals surface area (Å²) in [5.41, 5.74) is 3.38. The normalized spacial score (nSPS) is 11.3. The van der Waals surface area contributed by atoms with Crippen LogP contribution in [0.4, 0.5) is 0 Å². The Morgan fingerprint density at radius 3 is 2.41 bits per heavy atom. The highest BCUT2D eigenvalue weighted by molar-refractivity contribution is 5.75. The van der Waals surface area contributed by atoms with Gasteiger partial charge in [0.05, 0.1) is 12.3 Å². The molecule has 1 heterocycles. The Hall–Kier alpha value is -3.15. The highest BCUT2D eigenvalue weighted by atomic mass is 16.5. The lowest BCUT2D eigenvalue weighted by Gasteiger charge is -2.19. The molecule has 0 aliphatic heterocycles. The van der Waals surface area contributed by atoms with Crippen molar-refractivity contribution in [3.05, 3.63) is 72.3 Å². The highest BCUT2D eigenvalue weighted by Gasteiger charge is 2.13. The molecule has 0 atom stereocenters. The van der Waals surface area contributed by atoms with E-state index in [4.69, 9.17) is 4.74 Å². The van der Waals surface area contributed by atoms with Crippen LogP contribution >= 0.6 is 0 Å². The Labute approximate surface area is 171 Å². The van der Waals surface area contributed by atoms with Crippen molar-refractivity contribution in [1.82, 2.24) is 20.1 Å². The molecule has 0 aliphatic carbocycles. The van der Waals surface area contributed by atoms with Gasteiger partial charge in [0.25, 0.3) is 0 Å². The van der Waals surface area contributed by atoms with Crippen molar-refractivity contribution in [1.29, 1.82) is 0 Å². The second kappa shape index (κ2) is 9.37. The highest BCUT2D eigenvalue weighted by Crippen LogP contribution is 2.24. The summed E-state index contributed by atoms with van der Waals surface area (Å²) in [5.74, 6) is 0.864. The Bertz CT molecular complexity index is 896. The summed E-state index contributed by atoms with van der Waals surface area (Å²) in [6.07, 6.45) is 4.27. The fraction of sp³-hybridized carbons (Fsp3) is 0.348. The first kappa shape index (κ1) is 20.6. The van der Waals surface area contributed by atoms with Crippen LogP contribution in [-0.4, -0.2) is 27.3 Å². The van der Waals surface area contributed by atoms with Gasteiger partial charge in [0.15, 0.2) is 0 Å². The molecule has 0 saturated heterocycles. The summed E-state index contributed by atoms with van der Waals surface area (Å²) < 4.78 is 7.44. The van der Waals surface area contributed by atoms with E-state index in [1.54, 1.807) is 11.0 Å². The van der Waals surface area contributed by atoms with Crippen molar-refractivity contribution < 1.29 is 9.53 Å². The zero-order valence-electron chi connectivity index (χ0n) is 17.3. The van der Waals surface area contributed by atoms with Gasteiger partial charge in [0.2, 0.25) is 5.91 Å². The zero-order chi connectivity index (χ0) is 20.7. The molecule has 1 aromatic heterocycles. The number of ether oxygens (including phenoxy) is 1. The minimum absolute atomic E-state index is 0.0250. The van der Waals surface area contributed by atoms with Gasteiger partial charge >= 0.3 is 0 Å². The van der Waals surface area contributed by atoms with Gasteiger partial charge in [-0.1, -0.05) is 45.0 Å². The second-order valence-electron chi connectivity index (χ2n) is 8.01. The minimum atomic E-state index is 0.0250. The number of nitrogens with one attached hydrogen (secondary N) is 1. The van der Waals surface area contributed by atoms with Crippen LogP contribution in [-0.2, 0) is 16.8 Å². The predicted octanol–water partition coefficient (Wildman–Crippen LogP) is 4.04. The van der Waals surface area contributed by atoms with Gasteiger partial charge < -0.3 is 10.1 Å². The van der Waals surface area contributed by atoms with E-state index in [1.165, 1.54) is 11.9 Å². The van der Waals surface area contributed by atoms with Crippen LogP contribution in [0.5, 0.6) is 5.75 Å². The van der Waals surface area contributed by atoms with Crippen molar-refractivity contribution in [3.63, 3.8) is 0 Å². The molecular formula is C23H28N4O2. The molecule has 152 valence electrons.